The van der Waals surface area contributed by atoms with Crippen LogP contribution in [0.25, 0.3) is 0 Å². The fourth-order valence-electron chi connectivity index (χ4n) is 3.91. The summed E-state index contributed by atoms with van der Waals surface area (Å²) in [6, 6.07) is 7.89. The Balaban J connectivity index is 1.42. The van der Waals surface area contributed by atoms with Gasteiger partial charge in [-0.05, 0) is 55.5 Å². The highest BCUT2D eigenvalue weighted by molar-refractivity contribution is 7.14. The maximum atomic E-state index is 12.7. The number of fused-ring (bicyclic) bond motifs is 1. The maximum Gasteiger partial charge on any atom is 0.341 e. The van der Waals surface area contributed by atoms with E-state index >= 15 is 0 Å². The first-order valence-electron chi connectivity index (χ1n) is 10.3. The summed E-state index contributed by atoms with van der Waals surface area (Å²) >= 11 is 1.32. The second kappa shape index (κ2) is 9.49. The molecule has 1 saturated heterocycles. The van der Waals surface area contributed by atoms with Gasteiger partial charge in [-0.25, -0.2) is 4.79 Å². The minimum absolute atomic E-state index is 0.135. The SMILES string of the molecule is CCOC(=O)c1ccsc1NC(=O)CN1CCC[C@H]1c1ccc2c(c1)OCCCO2. The largest absolute Gasteiger partial charge is 0.490 e. The van der Waals surface area contributed by atoms with Gasteiger partial charge in [0.05, 0.1) is 31.9 Å². The Morgan fingerprint density at radius 1 is 1.20 bits per heavy atom. The molecule has 160 valence electrons. The Morgan fingerprint density at radius 2 is 2.03 bits per heavy atom. The van der Waals surface area contributed by atoms with Crippen molar-refractivity contribution < 1.29 is 23.8 Å². The molecular formula is C22H26N2O5S. The third-order valence-corrected chi connectivity index (χ3v) is 6.11. The van der Waals surface area contributed by atoms with E-state index in [4.69, 9.17) is 14.2 Å². The molecular weight excluding hydrogens is 404 g/mol. The predicted molar refractivity (Wildman–Crippen MR) is 115 cm³/mol. The van der Waals surface area contributed by atoms with Crippen LogP contribution in [-0.2, 0) is 9.53 Å². The van der Waals surface area contributed by atoms with Crippen molar-refractivity contribution in [3.63, 3.8) is 0 Å². The lowest BCUT2D eigenvalue weighted by Gasteiger charge is -2.25. The highest BCUT2D eigenvalue weighted by Crippen LogP contribution is 2.37. The van der Waals surface area contributed by atoms with Crippen molar-refractivity contribution in [1.29, 1.82) is 0 Å². The standard InChI is InChI=1S/C22H26N2O5S/c1-2-27-22(26)16-8-12-30-21(16)23-20(25)14-24-9-3-5-17(24)15-6-7-18-19(13-15)29-11-4-10-28-18/h6-8,12-13,17H,2-5,9-11,14H2,1H3,(H,23,25)/t17-/m0/s1. The molecule has 0 aliphatic carbocycles. The van der Waals surface area contributed by atoms with E-state index < -0.39 is 5.97 Å². The molecule has 8 heteroatoms. The number of ether oxygens (including phenoxy) is 3. The number of nitrogens with zero attached hydrogens (tertiary/aromatic N) is 1. The van der Waals surface area contributed by atoms with Crippen LogP contribution in [0.1, 0.15) is 48.1 Å². The van der Waals surface area contributed by atoms with Gasteiger partial charge < -0.3 is 19.5 Å². The predicted octanol–water partition coefficient (Wildman–Crippen LogP) is 3.86. The van der Waals surface area contributed by atoms with E-state index in [-0.39, 0.29) is 18.5 Å². The molecule has 4 rings (SSSR count). The summed E-state index contributed by atoms with van der Waals surface area (Å²) in [4.78, 5) is 26.9. The van der Waals surface area contributed by atoms with Crippen LogP contribution in [0.4, 0.5) is 5.00 Å². The van der Waals surface area contributed by atoms with Gasteiger partial charge in [0, 0.05) is 12.5 Å². The smallest absolute Gasteiger partial charge is 0.341 e. The molecule has 0 unspecified atom stereocenters. The molecule has 0 spiro atoms. The minimum Gasteiger partial charge on any atom is -0.490 e. The average Bonchev–Trinajstić information content (AvgIpc) is 3.31. The first-order valence-corrected chi connectivity index (χ1v) is 11.2. The molecule has 1 fully saturated rings. The van der Waals surface area contributed by atoms with Gasteiger partial charge in [-0.15, -0.1) is 11.3 Å². The molecule has 2 aliphatic rings. The average molecular weight is 431 g/mol. The van der Waals surface area contributed by atoms with Gasteiger partial charge in [-0.2, -0.15) is 0 Å². The molecule has 30 heavy (non-hydrogen) atoms. The van der Waals surface area contributed by atoms with E-state index in [1.807, 2.05) is 12.1 Å². The van der Waals surface area contributed by atoms with Gasteiger partial charge in [0.25, 0.3) is 0 Å². The van der Waals surface area contributed by atoms with Crippen LogP contribution in [0.15, 0.2) is 29.6 Å². The van der Waals surface area contributed by atoms with Gasteiger partial charge in [-0.1, -0.05) is 6.07 Å². The lowest BCUT2D eigenvalue weighted by atomic mass is 10.0. The summed E-state index contributed by atoms with van der Waals surface area (Å²) in [5.74, 6) is 1.01. The Labute approximate surface area is 179 Å². The fourth-order valence-corrected chi connectivity index (χ4v) is 4.70. The van der Waals surface area contributed by atoms with Gasteiger partial charge in [0.15, 0.2) is 11.5 Å². The van der Waals surface area contributed by atoms with Crippen LogP contribution in [0.2, 0.25) is 0 Å². The monoisotopic (exact) mass is 430 g/mol. The number of anilines is 1. The van der Waals surface area contributed by atoms with E-state index in [9.17, 15) is 9.59 Å². The van der Waals surface area contributed by atoms with E-state index in [1.54, 1.807) is 18.4 Å². The van der Waals surface area contributed by atoms with Crippen molar-refractivity contribution in [2.45, 2.75) is 32.2 Å². The van der Waals surface area contributed by atoms with Crippen molar-refractivity contribution >= 4 is 28.2 Å². The minimum atomic E-state index is -0.416. The van der Waals surface area contributed by atoms with Gasteiger partial charge in [0.2, 0.25) is 5.91 Å². The topological polar surface area (TPSA) is 77.1 Å². The number of thiophene rings is 1. The molecule has 0 saturated carbocycles. The normalized spacial score (nSPS) is 18.6. The zero-order valence-electron chi connectivity index (χ0n) is 17.0. The molecule has 2 aromatic rings. The van der Waals surface area contributed by atoms with Crippen LogP contribution in [0, 0.1) is 0 Å². The van der Waals surface area contributed by atoms with Crippen LogP contribution in [-0.4, -0.2) is 49.7 Å². The first kappa shape index (κ1) is 20.7. The molecule has 1 aromatic heterocycles. The number of likely N-dealkylation sites (tertiary alicyclic amines) is 1. The van der Waals surface area contributed by atoms with Crippen molar-refractivity contribution in [2.24, 2.45) is 0 Å². The Kier molecular flexibility index (Phi) is 6.54. The number of hydrogen-bond acceptors (Lipinski definition) is 7. The van der Waals surface area contributed by atoms with Crippen LogP contribution >= 0.6 is 11.3 Å². The van der Waals surface area contributed by atoms with Crippen molar-refractivity contribution in [1.82, 2.24) is 4.90 Å². The Bertz CT molecular complexity index is 913. The number of carbonyl (C=O) groups is 2. The number of hydrogen-bond donors (Lipinski definition) is 1. The highest BCUT2D eigenvalue weighted by atomic mass is 32.1. The molecule has 0 bridgehead atoms. The molecule has 1 atom stereocenters. The summed E-state index contributed by atoms with van der Waals surface area (Å²) < 4.78 is 16.6. The lowest BCUT2D eigenvalue weighted by molar-refractivity contribution is -0.117. The number of carbonyl (C=O) groups excluding carboxylic acids is 2. The summed E-state index contributed by atoms with van der Waals surface area (Å²) in [5, 5.41) is 5.19. The number of amides is 1. The van der Waals surface area contributed by atoms with Crippen LogP contribution in [0.3, 0.4) is 0 Å². The van der Waals surface area contributed by atoms with E-state index in [0.717, 1.165) is 42.9 Å². The van der Waals surface area contributed by atoms with Gasteiger partial charge in [0.1, 0.15) is 5.00 Å². The number of benzene rings is 1. The maximum absolute atomic E-state index is 12.7. The van der Waals surface area contributed by atoms with E-state index in [1.165, 1.54) is 11.3 Å². The Hall–Kier alpha value is -2.58. The number of esters is 1. The molecule has 1 aromatic carbocycles. The third-order valence-electron chi connectivity index (χ3n) is 5.28. The zero-order valence-corrected chi connectivity index (χ0v) is 17.8. The van der Waals surface area contributed by atoms with Crippen LogP contribution in [0.5, 0.6) is 11.5 Å². The summed E-state index contributed by atoms with van der Waals surface area (Å²) in [5.41, 5.74) is 1.53. The van der Waals surface area contributed by atoms with Crippen molar-refractivity contribution in [2.75, 3.05) is 38.2 Å². The molecule has 2 aliphatic heterocycles. The molecule has 3 heterocycles. The van der Waals surface area contributed by atoms with Crippen molar-refractivity contribution in [3.8, 4) is 11.5 Å². The van der Waals surface area contributed by atoms with E-state index in [2.05, 4.69) is 16.3 Å². The summed E-state index contributed by atoms with van der Waals surface area (Å²) in [6.45, 7) is 4.49. The highest BCUT2D eigenvalue weighted by Gasteiger charge is 2.29. The van der Waals surface area contributed by atoms with Crippen molar-refractivity contribution in [3.05, 3.63) is 40.8 Å². The quantitative estimate of drug-likeness (QED) is 0.702. The zero-order chi connectivity index (χ0) is 20.9. The molecule has 1 N–H and O–H groups in total. The second-order valence-corrected chi connectivity index (χ2v) is 8.23. The Morgan fingerprint density at radius 3 is 2.87 bits per heavy atom. The summed E-state index contributed by atoms with van der Waals surface area (Å²) in [6.07, 6.45) is 2.88. The lowest BCUT2D eigenvalue weighted by Crippen LogP contribution is -2.33. The molecule has 0 radical (unpaired) electrons. The first-order chi connectivity index (χ1) is 14.7. The molecule has 7 nitrogen and oxygen atoms in total. The fraction of sp³-hybridized carbons (Fsp3) is 0.455. The second-order valence-electron chi connectivity index (χ2n) is 7.32. The van der Waals surface area contributed by atoms with Crippen LogP contribution < -0.4 is 14.8 Å². The third kappa shape index (κ3) is 4.60. The number of rotatable bonds is 6. The number of nitrogens with one attached hydrogen (secondary N) is 1. The van der Waals surface area contributed by atoms with Gasteiger partial charge in [-0.3, -0.25) is 9.69 Å². The summed E-state index contributed by atoms with van der Waals surface area (Å²) in [7, 11) is 0. The molecule has 1 amide bonds. The van der Waals surface area contributed by atoms with Gasteiger partial charge >= 0.3 is 5.97 Å². The van der Waals surface area contributed by atoms with E-state index in [0.29, 0.717) is 30.4 Å².